The summed E-state index contributed by atoms with van der Waals surface area (Å²) in [5, 5.41) is 3.23. The summed E-state index contributed by atoms with van der Waals surface area (Å²) < 4.78 is 11.0. The van der Waals surface area contributed by atoms with Gasteiger partial charge >= 0.3 is 0 Å². The topological polar surface area (TPSA) is 50.8 Å². The second kappa shape index (κ2) is 7.56. The molecule has 1 N–H and O–H groups in total. The summed E-state index contributed by atoms with van der Waals surface area (Å²) in [5.74, 6) is 0.539. The number of nitrogens with zero attached hydrogens (tertiary/aromatic N) is 1. The van der Waals surface area contributed by atoms with Crippen LogP contribution in [0.5, 0.6) is 5.75 Å². The molecular weight excluding hydrogens is 300 g/mol. The molecule has 0 aromatic heterocycles. The van der Waals surface area contributed by atoms with Crippen LogP contribution in [0.2, 0.25) is 0 Å². The average molecular weight is 322 g/mol. The predicted molar refractivity (Wildman–Crippen MR) is 89.3 cm³/mol. The van der Waals surface area contributed by atoms with Crippen LogP contribution >= 0.6 is 12.2 Å². The number of hydrogen-bond acceptors (Lipinski definition) is 4. The van der Waals surface area contributed by atoms with Crippen LogP contribution in [0, 0.1) is 0 Å². The number of benzene rings is 1. The number of amides is 1. The van der Waals surface area contributed by atoms with Gasteiger partial charge in [0.25, 0.3) is 5.91 Å². The van der Waals surface area contributed by atoms with E-state index in [1.54, 1.807) is 24.3 Å². The van der Waals surface area contributed by atoms with Crippen molar-refractivity contribution in [1.82, 2.24) is 10.2 Å². The highest BCUT2D eigenvalue weighted by Gasteiger charge is 2.24. The summed E-state index contributed by atoms with van der Waals surface area (Å²) in [6.07, 6.45) is 0.202. The Morgan fingerprint density at radius 3 is 2.45 bits per heavy atom. The van der Waals surface area contributed by atoms with E-state index in [9.17, 15) is 4.79 Å². The van der Waals surface area contributed by atoms with E-state index < -0.39 is 0 Å². The Morgan fingerprint density at radius 2 is 1.91 bits per heavy atom. The van der Waals surface area contributed by atoms with Crippen LogP contribution < -0.4 is 10.1 Å². The maximum absolute atomic E-state index is 12.2. The van der Waals surface area contributed by atoms with Crippen LogP contribution in [0.3, 0.4) is 0 Å². The summed E-state index contributed by atoms with van der Waals surface area (Å²) in [7, 11) is 0. The highest BCUT2D eigenvalue weighted by Crippen LogP contribution is 2.13. The molecule has 5 nitrogen and oxygen atoms in total. The smallest absolute Gasteiger partial charge is 0.257 e. The van der Waals surface area contributed by atoms with Crippen LogP contribution in [0.1, 0.15) is 31.1 Å². The van der Waals surface area contributed by atoms with Crippen molar-refractivity contribution in [3.63, 3.8) is 0 Å². The molecule has 1 saturated heterocycles. The number of morpholine rings is 1. The highest BCUT2D eigenvalue weighted by molar-refractivity contribution is 7.80. The van der Waals surface area contributed by atoms with Crippen LogP contribution in [0.15, 0.2) is 24.3 Å². The lowest BCUT2D eigenvalue weighted by Crippen LogP contribution is -2.52. The van der Waals surface area contributed by atoms with Crippen LogP contribution in [-0.2, 0) is 4.74 Å². The molecular formula is C16H22N2O3S. The molecule has 0 radical (unpaired) electrons. The van der Waals surface area contributed by atoms with Gasteiger partial charge in [-0.25, -0.2) is 0 Å². The highest BCUT2D eigenvalue weighted by atomic mass is 32.1. The number of thiocarbonyl (C=S) groups is 1. The number of carbonyl (C=O) groups is 1. The average Bonchev–Trinajstić information content (AvgIpc) is 2.47. The molecule has 1 heterocycles. The van der Waals surface area contributed by atoms with Gasteiger partial charge in [0.05, 0.1) is 18.8 Å². The molecule has 0 spiro atoms. The van der Waals surface area contributed by atoms with Gasteiger partial charge in [0, 0.05) is 18.7 Å². The van der Waals surface area contributed by atoms with Crippen molar-refractivity contribution in [3.8, 4) is 5.75 Å². The number of ether oxygens (including phenoxy) is 2. The standard InChI is InChI=1S/C16H22N2O3S/c1-4-20-14-7-5-13(6-8-14)15(19)17-16(22)18-9-11(2)21-12(3)10-18/h5-8,11-12H,4,9-10H2,1-3H3,(H,17,19,22). The van der Waals surface area contributed by atoms with Gasteiger partial charge < -0.3 is 14.4 Å². The minimum atomic E-state index is -0.208. The fourth-order valence-electron chi connectivity index (χ4n) is 2.46. The van der Waals surface area contributed by atoms with Gasteiger partial charge in [0.2, 0.25) is 0 Å². The minimum absolute atomic E-state index is 0.101. The van der Waals surface area contributed by atoms with Crippen molar-refractivity contribution in [3.05, 3.63) is 29.8 Å². The third-order valence-electron chi connectivity index (χ3n) is 3.35. The Kier molecular flexibility index (Phi) is 5.74. The molecule has 1 aliphatic rings. The number of rotatable bonds is 3. The molecule has 0 bridgehead atoms. The van der Waals surface area contributed by atoms with Crippen molar-refractivity contribution in [2.75, 3.05) is 19.7 Å². The Labute approximate surface area is 136 Å². The molecule has 0 aliphatic carbocycles. The molecule has 120 valence electrons. The van der Waals surface area contributed by atoms with E-state index in [-0.39, 0.29) is 18.1 Å². The van der Waals surface area contributed by atoms with E-state index in [1.165, 1.54) is 0 Å². The summed E-state index contributed by atoms with van der Waals surface area (Å²) in [5.41, 5.74) is 0.556. The maximum atomic E-state index is 12.2. The Bertz CT molecular complexity index is 523. The van der Waals surface area contributed by atoms with E-state index >= 15 is 0 Å². The van der Waals surface area contributed by atoms with Gasteiger partial charge in [0.15, 0.2) is 5.11 Å². The first-order valence-electron chi connectivity index (χ1n) is 7.48. The van der Waals surface area contributed by atoms with Crippen LogP contribution in [0.25, 0.3) is 0 Å². The van der Waals surface area contributed by atoms with Crippen molar-refractivity contribution in [1.29, 1.82) is 0 Å². The molecule has 2 rings (SSSR count). The fraction of sp³-hybridized carbons (Fsp3) is 0.500. The SMILES string of the molecule is CCOc1ccc(C(=O)NC(=S)N2CC(C)OC(C)C2)cc1. The first kappa shape index (κ1) is 16.7. The third kappa shape index (κ3) is 4.42. The molecule has 6 heteroatoms. The fourth-order valence-corrected chi connectivity index (χ4v) is 2.70. The number of hydrogen-bond donors (Lipinski definition) is 1. The zero-order valence-corrected chi connectivity index (χ0v) is 14.0. The van der Waals surface area contributed by atoms with Gasteiger partial charge in [-0.1, -0.05) is 0 Å². The molecule has 1 aliphatic heterocycles. The molecule has 0 saturated carbocycles. The molecule has 2 atom stereocenters. The predicted octanol–water partition coefficient (Wildman–Crippen LogP) is 2.21. The van der Waals surface area contributed by atoms with Gasteiger partial charge in [-0.05, 0) is 57.3 Å². The molecule has 1 amide bonds. The van der Waals surface area contributed by atoms with E-state index in [2.05, 4.69) is 5.32 Å². The minimum Gasteiger partial charge on any atom is -0.494 e. The summed E-state index contributed by atoms with van der Waals surface area (Å²) >= 11 is 5.34. The normalized spacial score (nSPS) is 21.3. The van der Waals surface area contributed by atoms with Crippen molar-refractivity contribution in [2.45, 2.75) is 33.0 Å². The lowest BCUT2D eigenvalue weighted by molar-refractivity contribution is -0.0481. The van der Waals surface area contributed by atoms with Crippen LogP contribution in [-0.4, -0.2) is 47.8 Å². The molecule has 22 heavy (non-hydrogen) atoms. The first-order chi connectivity index (χ1) is 10.5. The molecule has 1 fully saturated rings. The number of nitrogens with one attached hydrogen (secondary N) is 1. The zero-order valence-electron chi connectivity index (χ0n) is 13.2. The van der Waals surface area contributed by atoms with Gasteiger partial charge in [-0.2, -0.15) is 0 Å². The molecule has 1 aromatic carbocycles. The zero-order chi connectivity index (χ0) is 16.1. The summed E-state index contributed by atoms with van der Waals surface area (Å²) in [4.78, 5) is 14.2. The first-order valence-corrected chi connectivity index (χ1v) is 7.89. The van der Waals surface area contributed by atoms with Gasteiger partial charge in [-0.3, -0.25) is 10.1 Å². The lowest BCUT2D eigenvalue weighted by atomic mass is 10.2. The lowest BCUT2D eigenvalue weighted by Gasteiger charge is -2.36. The van der Waals surface area contributed by atoms with Crippen molar-refractivity contribution >= 4 is 23.2 Å². The van der Waals surface area contributed by atoms with E-state index in [0.717, 1.165) is 5.75 Å². The Hall–Kier alpha value is -1.66. The van der Waals surface area contributed by atoms with Gasteiger partial charge in [0.1, 0.15) is 5.75 Å². The summed E-state index contributed by atoms with van der Waals surface area (Å²) in [6, 6.07) is 7.02. The van der Waals surface area contributed by atoms with E-state index in [1.807, 2.05) is 25.7 Å². The second-order valence-electron chi connectivity index (χ2n) is 5.38. The van der Waals surface area contributed by atoms with Crippen LogP contribution in [0.4, 0.5) is 0 Å². The Balaban J connectivity index is 1.94. The Morgan fingerprint density at radius 1 is 1.32 bits per heavy atom. The van der Waals surface area contributed by atoms with Gasteiger partial charge in [-0.15, -0.1) is 0 Å². The monoisotopic (exact) mass is 322 g/mol. The second-order valence-corrected chi connectivity index (χ2v) is 5.77. The summed E-state index contributed by atoms with van der Waals surface area (Å²) in [6.45, 7) is 7.89. The van der Waals surface area contributed by atoms with Crippen molar-refractivity contribution in [2.24, 2.45) is 0 Å². The van der Waals surface area contributed by atoms with E-state index in [0.29, 0.717) is 30.4 Å². The maximum Gasteiger partial charge on any atom is 0.257 e. The molecule has 2 unspecified atom stereocenters. The third-order valence-corrected chi connectivity index (χ3v) is 3.72. The van der Waals surface area contributed by atoms with E-state index in [4.69, 9.17) is 21.7 Å². The largest absolute Gasteiger partial charge is 0.494 e. The quantitative estimate of drug-likeness (QED) is 0.865. The number of carbonyl (C=O) groups excluding carboxylic acids is 1. The van der Waals surface area contributed by atoms with Crippen molar-refractivity contribution < 1.29 is 14.3 Å². The molecule has 1 aromatic rings.